The SMILES string of the molecule is CC[C@H](C)[C@H](NC(=O)C1CCCCN1C)C(=O)N(C)[C@H](C[C@@H](OC(C)=O)c1nc(C(=O)NC)cs1)C(C)C. The predicted molar refractivity (Wildman–Crippen MR) is 148 cm³/mol. The first-order chi connectivity index (χ1) is 17.9. The van der Waals surface area contributed by atoms with Crippen molar-refractivity contribution in [3.05, 3.63) is 16.1 Å². The first-order valence-electron chi connectivity index (χ1n) is 13.5. The maximum Gasteiger partial charge on any atom is 0.303 e. The van der Waals surface area contributed by atoms with Crippen molar-refractivity contribution < 1.29 is 23.9 Å². The number of likely N-dealkylation sites (N-methyl/N-ethyl adjacent to an activating group) is 2. The molecular weight excluding hydrogens is 506 g/mol. The van der Waals surface area contributed by atoms with Gasteiger partial charge in [-0.05, 0) is 38.3 Å². The smallest absolute Gasteiger partial charge is 0.303 e. The molecule has 1 aliphatic heterocycles. The number of hydrogen-bond acceptors (Lipinski definition) is 8. The summed E-state index contributed by atoms with van der Waals surface area (Å²) in [5.74, 6) is -1.10. The van der Waals surface area contributed by atoms with Gasteiger partial charge >= 0.3 is 5.97 Å². The summed E-state index contributed by atoms with van der Waals surface area (Å²) in [5.41, 5.74) is 0.252. The third-order valence-electron chi connectivity index (χ3n) is 7.49. The molecule has 2 rings (SSSR count). The van der Waals surface area contributed by atoms with Gasteiger partial charge in [0.05, 0.1) is 6.04 Å². The van der Waals surface area contributed by atoms with Crippen molar-refractivity contribution in [1.29, 1.82) is 0 Å². The van der Waals surface area contributed by atoms with E-state index in [-0.39, 0.29) is 47.3 Å². The van der Waals surface area contributed by atoms with Crippen LogP contribution < -0.4 is 10.6 Å². The number of aromatic nitrogens is 1. The molecule has 1 unspecified atom stereocenters. The lowest BCUT2D eigenvalue weighted by atomic mass is 9.92. The number of thiazole rings is 1. The Hall–Kier alpha value is -2.53. The van der Waals surface area contributed by atoms with Crippen LogP contribution in [0.1, 0.15) is 88.3 Å². The fraction of sp³-hybridized carbons (Fsp3) is 0.741. The van der Waals surface area contributed by atoms with E-state index in [1.807, 2.05) is 34.7 Å². The van der Waals surface area contributed by atoms with E-state index in [1.54, 1.807) is 17.3 Å². The zero-order valence-corrected chi connectivity index (χ0v) is 24.9. The van der Waals surface area contributed by atoms with E-state index in [0.29, 0.717) is 11.4 Å². The van der Waals surface area contributed by atoms with Crippen molar-refractivity contribution >= 4 is 35.0 Å². The van der Waals surface area contributed by atoms with Crippen LogP contribution in [0, 0.1) is 11.8 Å². The molecule has 0 aliphatic carbocycles. The van der Waals surface area contributed by atoms with E-state index in [2.05, 4.69) is 20.5 Å². The average molecular weight is 552 g/mol. The molecular formula is C27H45N5O5S. The van der Waals surface area contributed by atoms with E-state index < -0.39 is 18.1 Å². The summed E-state index contributed by atoms with van der Waals surface area (Å²) < 4.78 is 5.62. The van der Waals surface area contributed by atoms with Crippen LogP contribution >= 0.6 is 11.3 Å². The van der Waals surface area contributed by atoms with Crippen molar-refractivity contribution in [2.24, 2.45) is 11.8 Å². The van der Waals surface area contributed by atoms with E-state index in [1.165, 1.54) is 25.3 Å². The Kier molecular flexibility index (Phi) is 12.2. The molecule has 0 radical (unpaired) electrons. The number of piperidine rings is 1. The molecule has 0 saturated carbocycles. The molecule has 1 aromatic rings. The van der Waals surface area contributed by atoms with Gasteiger partial charge in [0, 0.05) is 38.9 Å². The minimum atomic E-state index is -0.717. The number of amides is 3. The van der Waals surface area contributed by atoms with E-state index >= 15 is 0 Å². The summed E-state index contributed by atoms with van der Waals surface area (Å²) in [6.45, 7) is 10.2. The monoisotopic (exact) mass is 551 g/mol. The number of ether oxygens (including phenoxy) is 1. The van der Waals surface area contributed by atoms with Gasteiger partial charge < -0.3 is 20.3 Å². The Bertz CT molecular complexity index is 967. The molecule has 5 atom stereocenters. The molecule has 10 nitrogen and oxygen atoms in total. The van der Waals surface area contributed by atoms with Crippen molar-refractivity contribution in [1.82, 2.24) is 25.4 Å². The van der Waals surface area contributed by atoms with Crippen molar-refractivity contribution in [3.63, 3.8) is 0 Å². The second-order valence-electron chi connectivity index (χ2n) is 10.6. The topological polar surface area (TPSA) is 121 Å². The minimum Gasteiger partial charge on any atom is -0.455 e. The zero-order chi connectivity index (χ0) is 28.6. The molecule has 214 valence electrons. The molecule has 1 saturated heterocycles. The Balaban J connectivity index is 2.28. The van der Waals surface area contributed by atoms with Crippen LogP contribution in [0.15, 0.2) is 5.38 Å². The first-order valence-corrected chi connectivity index (χ1v) is 14.4. The van der Waals surface area contributed by atoms with Gasteiger partial charge in [0.15, 0.2) is 6.10 Å². The number of likely N-dealkylation sites (tertiary alicyclic amines) is 1. The lowest BCUT2D eigenvalue weighted by molar-refractivity contribution is -0.149. The van der Waals surface area contributed by atoms with Gasteiger partial charge in [-0.25, -0.2) is 4.98 Å². The number of nitrogens with one attached hydrogen (secondary N) is 2. The van der Waals surface area contributed by atoms with Gasteiger partial charge in [-0.1, -0.05) is 40.5 Å². The molecule has 38 heavy (non-hydrogen) atoms. The van der Waals surface area contributed by atoms with Crippen LogP contribution in [-0.2, 0) is 19.1 Å². The maximum absolute atomic E-state index is 13.9. The summed E-state index contributed by atoms with van der Waals surface area (Å²) in [4.78, 5) is 59.2. The van der Waals surface area contributed by atoms with Crippen LogP contribution in [0.3, 0.4) is 0 Å². The van der Waals surface area contributed by atoms with E-state index in [9.17, 15) is 19.2 Å². The molecule has 11 heteroatoms. The second kappa shape index (κ2) is 14.6. The van der Waals surface area contributed by atoms with Crippen LogP contribution in [0.25, 0.3) is 0 Å². The average Bonchev–Trinajstić information content (AvgIpc) is 3.38. The molecule has 0 aromatic carbocycles. The Morgan fingerprint density at radius 2 is 1.92 bits per heavy atom. The summed E-state index contributed by atoms with van der Waals surface area (Å²) in [7, 11) is 5.22. The van der Waals surface area contributed by atoms with Crippen molar-refractivity contribution in [2.75, 3.05) is 27.7 Å². The van der Waals surface area contributed by atoms with Crippen molar-refractivity contribution in [2.45, 2.75) is 91.0 Å². The van der Waals surface area contributed by atoms with E-state index in [0.717, 1.165) is 32.2 Å². The van der Waals surface area contributed by atoms with Crippen molar-refractivity contribution in [3.8, 4) is 0 Å². The molecule has 3 amide bonds. The molecule has 1 aliphatic rings. The van der Waals surface area contributed by atoms with Crippen LogP contribution in [0.5, 0.6) is 0 Å². The maximum atomic E-state index is 13.9. The molecule has 1 fully saturated rings. The van der Waals surface area contributed by atoms with Gasteiger partial charge in [-0.3, -0.25) is 24.1 Å². The molecule has 2 heterocycles. The molecule has 0 spiro atoms. The Morgan fingerprint density at radius 3 is 2.47 bits per heavy atom. The highest BCUT2D eigenvalue weighted by atomic mass is 32.1. The van der Waals surface area contributed by atoms with Gasteiger partial charge in [-0.15, -0.1) is 11.3 Å². The normalized spacial score (nSPS) is 19.2. The van der Waals surface area contributed by atoms with Crippen LogP contribution in [0.2, 0.25) is 0 Å². The summed E-state index contributed by atoms with van der Waals surface area (Å²) >= 11 is 1.24. The number of nitrogens with zero attached hydrogens (tertiary/aromatic N) is 3. The first kappa shape index (κ1) is 31.7. The number of rotatable bonds is 12. The third kappa shape index (κ3) is 8.23. The summed E-state index contributed by atoms with van der Waals surface area (Å²) in [6, 6.07) is -1.21. The fourth-order valence-corrected chi connectivity index (χ4v) is 5.73. The number of hydrogen-bond donors (Lipinski definition) is 2. The summed E-state index contributed by atoms with van der Waals surface area (Å²) in [5, 5.41) is 7.74. The van der Waals surface area contributed by atoms with E-state index in [4.69, 9.17) is 4.74 Å². The standard InChI is InChI=1S/C27H45N5O5S/c1-9-17(4)23(30-25(35)20-12-10-11-13-31(20)7)27(36)32(8)21(16(2)3)14-22(37-18(5)33)26-29-19(15-38-26)24(34)28-6/h15-17,20-23H,9-14H2,1-8H3,(H,28,34)(H,30,35)/t17-,20?,21+,22+,23-/m0/s1. The molecule has 2 N–H and O–H groups in total. The molecule has 0 bridgehead atoms. The van der Waals surface area contributed by atoms with Gasteiger partial charge in [0.25, 0.3) is 5.91 Å². The minimum absolute atomic E-state index is 0.0261. The quantitative estimate of drug-likeness (QED) is 0.383. The highest BCUT2D eigenvalue weighted by molar-refractivity contribution is 7.09. The largest absolute Gasteiger partial charge is 0.455 e. The Morgan fingerprint density at radius 1 is 1.24 bits per heavy atom. The lowest BCUT2D eigenvalue weighted by Crippen LogP contribution is -2.58. The fourth-order valence-electron chi connectivity index (χ4n) is 4.89. The highest BCUT2D eigenvalue weighted by Crippen LogP contribution is 2.31. The predicted octanol–water partition coefficient (Wildman–Crippen LogP) is 3.00. The van der Waals surface area contributed by atoms with Gasteiger partial charge in [0.1, 0.15) is 16.7 Å². The highest BCUT2D eigenvalue weighted by Gasteiger charge is 2.37. The van der Waals surface area contributed by atoms with Gasteiger partial charge in [0.2, 0.25) is 11.8 Å². The number of esters is 1. The number of carbonyl (C=O) groups is 4. The Labute approximate surface area is 230 Å². The second-order valence-corrected chi connectivity index (χ2v) is 11.5. The van der Waals surface area contributed by atoms with Gasteiger partial charge in [-0.2, -0.15) is 0 Å². The van der Waals surface area contributed by atoms with Crippen LogP contribution in [0.4, 0.5) is 0 Å². The van der Waals surface area contributed by atoms with Crippen LogP contribution in [-0.4, -0.2) is 84.3 Å². The third-order valence-corrected chi connectivity index (χ3v) is 8.42. The molecule has 1 aromatic heterocycles. The lowest BCUT2D eigenvalue weighted by Gasteiger charge is -2.38. The number of carbonyl (C=O) groups excluding carboxylic acids is 4. The summed E-state index contributed by atoms with van der Waals surface area (Å²) in [6.07, 6.45) is 3.17. The zero-order valence-electron chi connectivity index (χ0n) is 24.1.